The van der Waals surface area contributed by atoms with Crippen LogP contribution in [0, 0.1) is 0 Å². The summed E-state index contributed by atoms with van der Waals surface area (Å²) in [7, 11) is 0. The highest BCUT2D eigenvalue weighted by Gasteiger charge is 2.21. The van der Waals surface area contributed by atoms with Crippen molar-refractivity contribution in [2.75, 3.05) is 32.7 Å². The Hall–Kier alpha value is -2.25. The van der Waals surface area contributed by atoms with Crippen LogP contribution in [-0.2, 0) is 6.54 Å². The third-order valence-corrected chi connectivity index (χ3v) is 5.76. The third kappa shape index (κ3) is 3.72. The predicted molar refractivity (Wildman–Crippen MR) is 98.8 cm³/mol. The molecule has 1 aliphatic heterocycles. The van der Waals surface area contributed by atoms with Crippen LogP contribution in [0.15, 0.2) is 43.0 Å². The molecule has 1 fully saturated rings. The van der Waals surface area contributed by atoms with E-state index in [1.54, 1.807) is 24.0 Å². The molecule has 1 saturated heterocycles. The highest BCUT2D eigenvalue weighted by molar-refractivity contribution is 7.20. The van der Waals surface area contributed by atoms with E-state index in [0.717, 1.165) is 56.0 Å². The van der Waals surface area contributed by atoms with Gasteiger partial charge in [-0.05, 0) is 30.5 Å². The van der Waals surface area contributed by atoms with Gasteiger partial charge in [0, 0.05) is 37.4 Å². The van der Waals surface area contributed by atoms with E-state index < -0.39 is 0 Å². The summed E-state index contributed by atoms with van der Waals surface area (Å²) >= 11 is 1.59. The summed E-state index contributed by atoms with van der Waals surface area (Å²) in [6.45, 7) is 5.41. The molecule has 25 heavy (non-hydrogen) atoms. The lowest BCUT2D eigenvalue weighted by molar-refractivity contribution is 0.0766. The Kier molecular flexibility index (Phi) is 4.76. The Morgan fingerprint density at radius 3 is 2.72 bits per heavy atom. The van der Waals surface area contributed by atoms with E-state index >= 15 is 0 Å². The number of thiophene rings is 1. The lowest BCUT2D eigenvalue weighted by Gasteiger charge is -2.21. The lowest BCUT2D eigenvalue weighted by atomic mass is 10.2. The van der Waals surface area contributed by atoms with Crippen molar-refractivity contribution in [2.45, 2.75) is 13.0 Å². The maximum absolute atomic E-state index is 12.9. The second kappa shape index (κ2) is 7.33. The quantitative estimate of drug-likeness (QED) is 0.721. The Morgan fingerprint density at radius 2 is 1.88 bits per heavy atom. The van der Waals surface area contributed by atoms with Gasteiger partial charge in [0.2, 0.25) is 0 Å². The average Bonchev–Trinajstić information content (AvgIpc) is 3.24. The van der Waals surface area contributed by atoms with Crippen LogP contribution >= 0.6 is 11.3 Å². The molecule has 6 nitrogen and oxygen atoms in total. The lowest BCUT2D eigenvalue weighted by Crippen LogP contribution is -2.35. The van der Waals surface area contributed by atoms with Crippen molar-refractivity contribution >= 4 is 27.3 Å². The van der Waals surface area contributed by atoms with Gasteiger partial charge in [-0.1, -0.05) is 18.2 Å². The molecule has 1 aliphatic rings. The van der Waals surface area contributed by atoms with Gasteiger partial charge in [0.15, 0.2) is 0 Å². The topological polar surface area (TPSA) is 54.3 Å². The monoisotopic (exact) mass is 355 g/mol. The largest absolute Gasteiger partial charge is 0.337 e. The van der Waals surface area contributed by atoms with Crippen LogP contribution in [-0.4, -0.2) is 63.2 Å². The van der Waals surface area contributed by atoms with Gasteiger partial charge in [-0.25, -0.2) is 0 Å². The molecule has 0 radical (unpaired) electrons. The van der Waals surface area contributed by atoms with E-state index in [1.807, 2.05) is 27.7 Å². The maximum atomic E-state index is 12.9. The number of hydrogen-bond acceptors (Lipinski definition) is 5. The van der Waals surface area contributed by atoms with Crippen LogP contribution in [0.2, 0.25) is 0 Å². The normalized spacial score (nSPS) is 16.2. The van der Waals surface area contributed by atoms with E-state index in [9.17, 15) is 4.79 Å². The zero-order valence-electron chi connectivity index (χ0n) is 14.0. The number of benzene rings is 1. The summed E-state index contributed by atoms with van der Waals surface area (Å²) in [5, 5.41) is 8.82. The second-order valence-corrected chi connectivity index (χ2v) is 7.42. The number of rotatable bonds is 4. The van der Waals surface area contributed by atoms with Gasteiger partial charge in [0.1, 0.15) is 12.7 Å². The third-order valence-electron chi connectivity index (χ3n) is 4.65. The van der Waals surface area contributed by atoms with Crippen LogP contribution in [0.5, 0.6) is 0 Å². The Bertz CT molecular complexity index is 811. The molecule has 0 saturated carbocycles. The number of hydrogen-bond donors (Lipinski definition) is 0. The summed E-state index contributed by atoms with van der Waals surface area (Å²) in [5.41, 5.74) is 0. The molecule has 0 bridgehead atoms. The Labute approximate surface area is 150 Å². The van der Waals surface area contributed by atoms with Crippen molar-refractivity contribution < 1.29 is 4.79 Å². The Morgan fingerprint density at radius 1 is 1.04 bits per heavy atom. The first-order valence-corrected chi connectivity index (χ1v) is 9.44. The summed E-state index contributed by atoms with van der Waals surface area (Å²) < 4.78 is 3.17. The smallest absolute Gasteiger partial charge is 0.264 e. The first kappa shape index (κ1) is 16.2. The summed E-state index contributed by atoms with van der Waals surface area (Å²) in [5.74, 6) is 0.168. The van der Waals surface area contributed by atoms with Gasteiger partial charge in [-0.3, -0.25) is 9.69 Å². The number of carbonyl (C=O) groups is 1. The zero-order chi connectivity index (χ0) is 17.1. The number of fused-ring (bicyclic) bond motifs is 1. The minimum absolute atomic E-state index is 0.168. The van der Waals surface area contributed by atoms with Gasteiger partial charge in [0.05, 0.1) is 4.88 Å². The van der Waals surface area contributed by atoms with E-state index in [-0.39, 0.29) is 5.91 Å². The van der Waals surface area contributed by atoms with Crippen molar-refractivity contribution in [1.29, 1.82) is 0 Å². The zero-order valence-corrected chi connectivity index (χ0v) is 14.9. The fourth-order valence-corrected chi connectivity index (χ4v) is 4.27. The first-order valence-electron chi connectivity index (χ1n) is 8.62. The van der Waals surface area contributed by atoms with Crippen molar-refractivity contribution in [1.82, 2.24) is 24.6 Å². The maximum Gasteiger partial charge on any atom is 0.264 e. The number of amides is 1. The molecule has 0 atom stereocenters. The van der Waals surface area contributed by atoms with Crippen LogP contribution < -0.4 is 0 Å². The van der Waals surface area contributed by atoms with E-state index in [1.165, 1.54) is 4.70 Å². The molecule has 130 valence electrons. The average molecular weight is 355 g/mol. The van der Waals surface area contributed by atoms with Crippen molar-refractivity contribution in [2.24, 2.45) is 0 Å². The molecule has 0 N–H and O–H groups in total. The molecule has 1 amide bonds. The highest BCUT2D eigenvalue weighted by atomic mass is 32.1. The summed E-state index contributed by atoms with van der Waals surface area (Å²) in [6, 6.07) is 10.2. The molecular weight excluding hydrogens is 334 g/mol. The fourth-order valence-electron chi connectivity index (χ4n) is 3.24. The first-order chi connectivity index (χ1) is 12.3. The SMILES string of the molecule is O=C(c1cc2ccccc2s1)N1CCCN(CCn2cnnc2)CC1. The predicted octanol–water partition coefficient (Wildman–Crippen LogP) is 2.34. The van der Waals surface area contributed by atoms with E-state index in [4.69, 9.17) is 0 Å². The van der Waals surface area contributed by atoms with E-state index in [2.05, 4.69) is 27.2 Å². The van der Waals surface area contributed by atoms with Gasteiger partial charge >= 0.3 is 0 Å². The van der Waals surface area contributed by atoms with Gasteiger partial charge in [-0.2, -0.15) is 0 Å². The van der Waals surface area contributed by atoms with Crippen LogP contribution in [0.25, 0.3) is 10.1 Å². The molecule has 7 heteroatoms. The van der Waals surface area contributed by atoms with Crippen molar-refractivity contribution in [3.63, 3.8) is 0 Å². The van der Waals surface area contributed by atoms with Crippen LogP contribution in [0.1, 0.15) is 16.1 Å². The number of aromatic nitrogens is 3. The molecule has 4 rings (SSSR count). The van der Waals surface area contributed by atoms with Gasteiger partial charge < -0.3 is 9.47 Å². The van der Waals surface area contributed by atoms with Gasteiger partial charge in [0.25, 0.3) is 5.91 Å². The minimum atomic E-state index is 0.168. The second-order valence-electron chi connectivity index (χ2n) is 6.34. The molecule has 0 spiro atoms. The minimum Gasteiger partial charge on any atom is -0.337 e. The number of carbonyl (C=O) groups excluding carboxylic acids is 1. The molecule has 3 heterocycles. The van der Waals surface area contributed by atoms with E-state index in [0.29, 0.717) is 0 Å². The Balaban J connectivity index is 1.37. The standard InChI is InChI=1S/C18H21N5OS/c24-18(17-12-15-4-1-2-5-16(15)25-17)23-7-3-6-21(10-11-23)8-9-22-13-19-20-14-22/h1-2,4-5,12-14H,3,6-11H2. The van der Waals surface area contributed by atoms with Crippen molar-refractivity contribution in [3.05, 3.63) is 47.9 Å². The van der Waals surface area contributed by atoms with Crippen LogP contribution in [0.3, 0.4) is 0 Å². The number of nitrogens with zero attached hydrogens (tertiary/aromatic N) is 5. The van der Waals surface area contributed by atoms with Crippen molar-refractivity contribution in [3.8, 4) is 0 Å². The molecule has 0 unspecified atom stereocenters. The molecule has 3 aromatic rings. The molecule has 0 aliphatic carbocycles. The highest BCUT2D eigenvalue weighted by Crippen LogP contribution is 2.26. The van der Waals surface area contributed by atoms with Gasteiger partial charge in [-0.15, -0.1) is 21.5 Å². The summed E-state index contributed by atoms with van der Waals surface area (Å²) in [6.07, 6.45) is 4.50. The molecular formula is C18H21N5OS. The van der Waals surface area contributed by atoms with Crippen LogP contribution in [0.4, 0.5) is 0 Å². The molecule has 2 aromatic heterocycles. The summed E-state index contributed by atoms with van der Waals surface area (Å²) in [4.78, 5) is 18.1. The molecule has 1 aromatic carbocycles. The fraction of sp³-hybridized carbons (Fsp3) is 0.389.